The van der Waals surface area contributed by atoms with Gasteiger partial charge < -0.3 is 4.79 Å². The van der Waals surface area contributed by atoms with Gasteiger partial charge in [-0.05, 0) is 31.9 Å². The van der Waals surface area contributed by atoms with Crippen LogP contribution in [0.5, 0.6) is 0 Å². The molecular formula is C22H36O3S. The molecule has 1 aromatic carbocycles. The van der Waals surface area contributed by atoms with Crippen LogP contribution in [-0.2, 0) is 14.6 Å². The molecule has 0 unspecified atom stereocenters. The van der Waals surface area contributed by atoms with E-state index in [1.54, 1.807) is 31.2 Å². The molecule has 0 atom stereocenters. The van der Waals surface area contributed by atoms with Crippen molar-refractivity contribution >= 4 is 15.6 Å². The molecule has 0 saturated carbocycles. The van der Waals surface area contributed by atoms with E-state index in [4.69, 9.17) is 0 Å². The zero-order chi connectivity index (χ0) is 19.1. The van der Waals surface area contributed by atoms with Gasteiger partial charge in [0.25, 0.3) is 0 Å². The van der Waals surface area contributed by atoms with E-state index in [9.17, 15) is 13.2 Å². The Balaban J connectivity index is 1.89. The third-order valence-electron chi connectivity index (χ3n) is 4.79. The second-order valence-electron chi connectivity index (χ2n) is 7.33. The Labute approximate surface area is 160 Å². The highest BCUT2D eigenvalue weighted by Crippen LogP contribution is 2.15. The Morgan fingerprint density at radius 1 is 0.692 bits per heavy atom. The molecule has 1 rings (SSSR count). The fraction of sp³-hybridized carbons (Fsp3) is 0.682. The lowest BCUT2D eigenvalue weighted by Crippen LogP contribution is -2.06. The molecule has 1 aromatic rings. The fourth-order valence-corrected chi connectivity index (χ4v) is 4.57. The Kier molecular flexibility index (Phi) is 12.3. The van der Waals surface area contributed by atoms with Gasteiger partial charge in [0.2, 0.25) is 0 Å². The summed E-state index contributed by atoms with van der Waals surface area (Å²) in [6.45, 7) is 1.67. The van der Waals surface area contributed by atoms with Crippen LogP contribution in [0.25, 0.3) is 0 Å². The minimum Gasteiger partial charge on any atom is -0.300 e. The van der Waals surface area contributed by atoms with Gasteiger partial charge in [-0.1, -0.05) is 82.4 Å². The van der Waals surface area contributed by atoms with Crippen molar-refractivity contribution in [2.45, 2.75) is 95.3 Å². The van der Waals surface area contributed by atoms with Crippen molar-refractivity contribution in [2.24, 2.45) is 0 Å². The van der Waals surface area contributed by atoms with Crippen molar-refractivity contribution in [3.8, 4) is 0 Å². The molecule has 0 N–H and O–H groups in total. The average molecular weight is 381 g/mol. The van der Waals surface area contributed by atoms with Crippen molar-refractivity contribution in [2.75, 3.05) is 5.75 Å². The zero-order valence-corrected chi connectivity index (χ0v) is 17.2. The highest BCUT2D eigenvalue weighted by Gasteiger charge is 2.12. The summed E-state index contributed by atoms with van der Waals surface area (Å²) in [5, 5.41) is 0. The first kappa shape index (κ1) is 22.9. The van der Waals surface area contributed by atoms with Gasteiger partial charge in [0, 0.05) is 6.42 Å². The van der Waals surface area contributed by atoms with Gasteiger partial charge in [-0.25, -0.2) is 8.42 Å². The predicted molar refractivity (Wildman–Crippen MR) is 109 cm³/mol. The van der Waals surface area contributed by atoms with E-state index in [0.29, 0.717) is 10.7 Å². The second-order valence-corrected chi connectivity index (χ2v) is 9.44. The number of carbonyl (C=O) groups is 1. The van der Waals surface area contributed by atoms with Gasteiger partial charge in [-0.2, -0.15) is 0 Å². The monoisotopic (exact) mass is 380 g/mol. The Morgan fingerprint density at radius 3 is 1.58 bits per heavy atom. The Bertz CT molecular complexity index is 579. The number of Topliss-reactive ketones (excluding diaryl/α,β-unsaturated/α-hetero) is 1. The molecule has 0 saturated heterocycles. The highest BCUT2D eigenvalue weighted by molar-refractivity contribution is 7.91. The molecule has 0 bridgehead atoms. The molecule has 0 spiro atoms. The van der Waals surface area contributed by atoms with Crippen LogP contribution in [0.4, 0.5) is 0 Å². The van der Waals surface area contributed by atoms with Crippen LogP contribution in [-0.4, -0.2) is 20.0 Å². The van der Waals surface area contributed by atoms with Crippen LogP contribution >= 0.6 is 0 Å². The predicted octanol–water partition coefficient (Wildman–Crippen LogP) is 6.12. The molecule has 0 aliphatic heterocycles. The molecule has 26 heavy (non-hydrogen) atoms. The first-order chi connectivity index (χ1) is 12.5. The van der Waals surface area contributed by atoms with E-state index in [2.05, 4.69) is 0 Å². The smallest absolute Gasteiger partial charge is 0.178 e. The number of hydrogen-bond donors (Lipinski definition) is 0. The van der Waals surface area contributed by atoms with Crippen LogP contribution in [0.2, 0.25) is 0 Å². The van der Waals surface area contributed by atoms with Crippen molar-refractivity contribution in [1.29, 1.82) is 0 Å². The molecule has 0 fully saturated rings. The van der Waals surface area contributed by atoms with E-state index in [-0.39, 0.29) is 5.75 Å². The number of rotatable bonds is 16. The summed E-state index contributed by atoms with van der Waals surface area (Å²) in [5.41, 5.74) is 0. The topological polar surface area (TPSA) is 51.2 Å². The van der Waals surface area contributed by atoms with Crippen LogP contribution < -0.4 is 0 Å². The van der Waals surface area contributed by atoms with E-state index < -0.39 is 9.84 Å². The number of hydrogen-bond acceptors (Lipinski definition) is 3. The lowest BCUT2D eigenvalue weighted by molar-refractivity contribution is -0.117. The van der Waals surface area contributed by atoms with Gasteiger partial charge in [-0.3, -0.25) is 0 Å². The summed E-state index contributed by atoms with van der Waals surface area (Å²) in [7, 11) is -3.10. The molecule has 4 heteroatoms. The van der Waals surface area contributed by atoms with E-state index in [0.717, 1.165) is 32.1 Å². The lowest BCUT2D eigenvalue weighted by Gasteiger charge is -2.05. The third-order valence-corrected chi connectivity index (χ3v) is 6.61. The SMILES string of the molecule is CC(=O)CCCCCCCCCCCCCCS(=O)(=O)c1ccccc1. The van der Waals surface area contributed by atoms with Crippen molar-refractivity contribution in [3.63, 3.8) is 0 Å². The summed E-state index contributed by atoms with van der Waals surface area (Å²) in [6, 6.07) is 8.75. The van der Waals surface area contributed by atoms with Crippen LogP contribution in [0.15, 0.2) is 35.2 Å². The maximum Gasteiger partial charge on any atom is 0.178 e. The maximum absolute atomic E-state index is 12.2. The largest absolute Gasteiger partial charge is 0.300 e. The average Bonchev–Trinajstić information content (AvgIpc) is 2.62. The molecule has 148 valence electrons. The second kappa shape index (κ2) is 14.0. The number of sulfone groups is 1. The number of carbonyl (C=O) groups excluding carboxylic acids is 1. The van der Waals surface area contributed by atoms with Crippen molar-refractivity contribution < 1.29 is 13.2 Å². The van der Waals surface area contributed by atoms with Gasteiger partial charge in [-0.15, -0.1) is 0 Å². The molecule has 0 aliphatic rings. The summed E-state index contributed by atoms with van der Waals surface area (Å²) < 4.78 is 24.3. The van der Waals surface area contributed by atoms with E-state index in [1.165, 1.54) is 51.4 Å². The number of ketones is 1. The number of unbranched alkanes of at least 4 members (excludes halogenated alkanes) is 11. The molecule has 3 nitrogen and oxygen atoms in total. The first-order valence-corrected chi connectivity index (χ1v) is 11.9. The molecular weight excluding hydrogens is 344 g/mol. The summed E-state index contributed by atoms with van der Waals surface area (Å²) in [4.78, 5) is 11.3. The zero-order valence-electron chi connectivity index (χ0n) is 16.4. The number of benzene rings is 1. The van der Waals surface area contributed by atoms with Crippen LogP contribution in [0.3, 0.4) is 0 Å². The molecule has 0 aromatic heterocycles. The third kappa shape index (κ3) is 11.5. The standard InChI is InChI=1S/C22H36O3S/c1-21(23)17-13-10-8-6-4-2-3-5-7-9-11-16-20-26(24,25)22-18-14-12-15-19-22/h12,14-15,18-19H,2-11,13,16-17,20H2,1H3. The van der Waals surface area contributed by atoms with Gasteiger partial charge in [0.1, 0.15) is 5.78 Å². The minimum absolute atomic E-state index is 0.265. The van der Waals surface area contributed by atoms with Gasteiger partial charge >= 0.3 is 0 Å². The molecule has 0 radical (unpaired) electrons. The summed E-state index contributed by atoms with van der Waals surface area (Å²) >= 11 is 0. The lowest BCUT2D eigenvalue weighted by atomic mass is 10.0. The van der Waals surface area contributed by atoms with Gasteiger partial charge in [0.15, 0.2) is 9.84 Å². The quantitative estimate of drug-likeness (QED) is 0.325. The summed E-state index contributed by atoms with van der Waals surface area (Å²) in [5.74, 6) is 0.573. The minimum atomic E-state index is -3.10. The Morgan fingerprint density at radius 2 is 1.12 bits per heavy atom. The fourth-order valence-electron chi connectivity index (χ4n) is 3.18. The van der Waals surface area contributed by atoms with Crippen molar-refractivity contribution in [3.05, 3.63) is 30.3 Å². The highest BCUT2D eigenvalue weighted by atomic mass is 32.2. The van der Waals surface area contributed by atoms with Crippen LogP contribution in [0.1, 0.15) is 90.4 Å². The van der Waals surface area contributed by atoms with Crippen molar-refractivity contribution in [1.82, 2.24) is 0 Å². The van der Waals surface area contributed by atoms with E-state index >= 15 is 0 Å². The van der Waals surface area contributed by atoms with Gasteiger partial charge in [0.05, 0.1) is 10.6 Å². The molecule has 0 aliphatic carbocycles. The molecule has 0 amide bonds. The Hall–Kier alpha value is -1.16. The summed E-state index contributed by atoms with van der Waals surface area (Å²) in [6.07, 6.45) is 14.8. The van der Waals surface area contributed by atoms with E-state index in [1.807, 2.05) is 6.07 Å². The molecule has 0 heterocycles. The first-order valence-electron chi connectivity index (χ1n) is 10.3. The normalized spacial score (nSPS) is 11.6. The maximum atomic E-state index is 12.2. The van der Waals surface area contributed by atoms with Crippen LogP contribution in [0, 0.1) is 0 Å².